The van der Waals surface area contributed by atoms with E-state index in [0.29, 0.717) is 37.3 Å². The number of nitrogens with one attached hydrogen (secondary N) is 2. The SMILES string of the molecule is CC(C)(C)O[C@@H]1C[C@@H](C(=O)Nc2ccc(C=Cc3ccc(NC(=O)[C@@H]4C[C@@H](OC(C)(C)C)CN4C(=O)Cc4cccnc4)cc3)cc2)N(C(=O)Cc2cccnc2)C1. The molecule has 4 aromatic rings. The first-order valence-corrected chi connectivity index (χ1v) is 19.8. The highest BCUT2D eigenvalue weighted by Gasteiger charge is 2.42. The number of likely N-dealkylation sites (tertiary alicyclic amines) is 2. The Balaban J connectivity index is 1.04. The molecule has 6 rings (SSSR count). The average Bonchev–Trinajstić information content (AvgIpc) is 3.79. The Labute approximate surface area is 341 Å². The van der Waals surface area contributed by atoms with E-state index in [1.54, 1.807) is 46.7 Å². The van der Waals surface area contributed by atoms with Crippen LogP contribution in [0.4, 0.5) is 11.4 Å². The third-order valence-electron chi connectivity index (χ3n) is 9.79. The molecule has 0 radical (unpaired) electrons. The second-order valence-corrected chi connectivity index (χ2v) is 16.9. The maximum atomic E-state index is 13.6. The molecule has 12 nitrogen and oxygen atoms in total. The summed E-state index contributed by atoms with van der Waals surface area (Å²) in [4.78, 5) is 65.5. The smallest absolute Gasteiger partial charge is 0.247 e. The summed E-state index contributed by atoms with van der Waals surface area (Å²) >= 11 is 0. The second kappa shape index (κ2) is 18.3. The minimum absolute atomic E-state index is 0.145. The molecule has 2 aromatic heterocycles. The van der Waals surface area contributed by atoms with Gasteiger partial charge in [-0.3, -0.25) is 29.1 Å². The number of carbonyl (C=O) groups is 4. The number of hydrogen-bond acceptors (Lipinski definition) is 8. The van der Waals surface area contributed by atoms with Crippen LogP contribution in [0.1, 0.15) is 76.6 Å². The normalized spacial score (nSPS) is 19.7. The molecule has 0 saturated carbocycles. The lowest BCUT2D eigenvalue weighted by Gasteiger charge is -2.25. The molecule has 4 amide bonds. The number of rotatable bonds is 12. The minimum atomic E-state index is -0.666. The van der Waals surface area contributed by atoms with Crippen LogP contribution in [0, 0.1) is 0 Å². The van der Waals surface area contributed by atoms with Gasteiger partial charge in [0, 0.05) is 62.1 Å². The Morgan fingerprint density at radius 2 is 1.00 bits per heavy atom. The first-order chi connectivity index (χ1) is 27.6. The molecule has 2 aromatic carbocycles. The molecule has 0 unspecified atom stereocenters. The van der Waals surface area contributed by atoms with E-state index in [1.165, 1.54) is 0 Å². The van der Waals surface area contributed by atoms with Crippen LogP contribution < -0.4 is 10.6 Å². The number of ether oxygens (including phenoxy) is 2. The van der Waals surface area contributed by atoms with E-state index in [-0.39, 0.29) is 48.7 Å². The third kappa shape index (κ3) is 11.9. The van der Waals surface area contributed by atoms with Crippen LogP contribution in [0.3, 0.4) is 0 Å². The summed E-state index contributed by atoms with van der Waals surface area (Å²) in [6.45, 7) is 12.5. The summed E-state index contributed by atoms with van der Waals surface area (Å²) in [6, 6.07) is 20.9. The standard InChI is InChI=1S/C46H54N6O6/c1-45(2,3)57-37-25-39(51(29-37)41(53)23-33-9-7-21-47-27-33)43(55)49-35-17-13-31(14-18-35)11-12-32-15-19-36(20-16-32)50-44(56)40-26-38(58-46(4,5)6)30-52(40)42(54)24-34-10-8-22-48-28-34/h7-22,27-28,37-40H,23-26,29-30H2,1-6H3,(H,49,55)(H,50,56)/t37-,38-,39+,40+/m1/s1. The second-order valence-electron chi connectivity index (χ2n) is 16.9. The number of amides is 4. The molecule has 0 spiro atoms. The van der Waals surface area contributed by atoms with Crippen LogP contribution >= 0.6 is 0 Å². The van der Waals surface area contributed by atoms with Gasteiger partial charge in [0.25, 0.3) is 0 Å². The summed E-state index contributed by atoms with van der Waals surface area (Å²) in [5.41, 5.74) is 3.85. The number of benzene rings is 2. The molecule has 4 atom stereocenters. The van der Waals surface area contributed by atoms with Gasteiger partial charge >= 0.3 is 0 Å². The average molecular weight is 787 g/mol. The van der Waals surface area contributed by atoms with Gasteiger partial charge in [0.15, 0.2) is 0 Å². The van der Waals surface area contributed by atoms with Gasteiger partial charge in [0.1, 0.15) is 12.1 Å². The predicted molar refractivity (Wildman–Crippen MR) is 224 cm³/mol. The molecular weight excluding hydrogens is 733 g/mol. The van der Waals surface area contributed by atoms with Crippen LogP contribution in [-0.2, 0) is 41.5 Å². The summed E-state index contributed by atoms with van der Waals surface area (Å²) < 4.78 is 12.4. The van der Waals surface area contributed by atoms with Gasteiger partial charge in [-0.25, -0.2) is 0 Å². The van der Waals surface area contributed by atoms with Crippen LogP contribution in [0.25, 0.3) is 12.2 Å². The summed E-state index contributed by atoms with van der Waals surface area (Å²) in [5.74, 6) is -0.808. The summed E-state index contributed by atoms with van der Waals surface area (Å²) in [6.07, 6.45) is 11.2. The van der Waals surface area contributed by atoms with Gasteiger partial charge in [0.05, 0.1) is 36.3 Å². The lowest BCUT2D eigenvalue weighted by atomic mass is 10.1. The van der Waals surface area contributed by atoms with Crippen molar-refractivity contribution in [3.63, 3.8) is 0 Å². The Morgan fingerprint density at radius 1 is 0.621 bits per heavy atom. The number of anilines is 2. The van der Waals surface area contributed by atoms with Gasteiger partial charge < -0.3 is 29.9 Å². The van der Waals surface area contributed by atoms with E-state index in [0.717, 1.165) is 22.3 Å². The molecule has 58 heavy (non-hydrogen) atoms. The molecule has 2 aliphatic heterocycles. The molecule has 2 saturated heterocycles. The Kier molecular flexibility index (Phi) is 13.2. The van der Waals surface area contributed by atoms with Crippen molar-refractivity contribution in [1.29, 1.82) is 0 Å². The number of pyridine rings is 2. The molecule has 4 heterocycles. The van der Waals surface area contributed by atoms with Crippen molar-refractivity contribution >= 4 is 47.2 Å². The maximum Gasteiger partial charge on any atom is 0.247 e. The van der Waals surface area contributed by atoms with E-state index in [2.05, 4.69) is 20.6 Å². The van der Waals surface area contributed by atoms with Crippen LogP contribution in [0.5, 0.6) is 0 Å². The number of aromatic nitrogens is 2. The third-order valence-corrected chi connectivity index (χ3v) is 9.79. The van der Waals surface area contributed by atoms with E-state index in [4.69, 9.17) is 9.47 Å². The summed E-state index contributed by atoms with van der Waals surface area (Å²) in [5, 5.41) is 6.00. The zero-order valence-corrected chi connectivity index (χ0v) is 34.2. The molecule has 0 aliphatic carbocycles. The molecule has 2 fully saturated rings. The predicted octanol–water partition coefficient (Wildman–Crippen LogP) is 6.58. The molecule has 0 bridgehead atoms. The van der Waals surface area contributed by atoms with Crippen molar-refractivity contribution in [1.82, 2.24) is 19.8 Å². The first kappa shape index (κ1) is 41.9. The van der Waals surface area contributed by atoms with Crippen LogP contribution in [0.2, 0.25) is 0 Å². The van der Waals surface area contributed by atoms with Crippen molar-refractivity contribution in [2.24, 2.45) is 0 Å². The van der Waals surface area contributed by atoms with E-state index < -0.39 is 23.3 Å². The first-order valence-electron chi connectivity index (χ1n) is 19.8. The van der Waals surface area contributed by atoms with Gasteiger partial charge in [-0.1, -0.05) is 48.6 Å². The zero-order valence-electron chi connectivity index (χ0n) is 34.2. The lowest BCUT2D eigenvalue weighted by Crippen LogP contribution is -2.44. The van der Waals surface area contributed by atoms with E-state index >= 15 is 0 Å². The monoisotopic (exact) mass is 786 g/mol. The highest BCUT2D eigenvalue weighted by molar-refractivity contribution is 5.99. The Morgan fingerprint density at radius 3 is 1.33 bits per heavy atom. The van der Waals surface area contributed by atoms with Crippen molar-refractivity contribution in [3.8, 4) is 0 Å². The fourth-order valence-corrected chi connectivity index (χ4v) is 7.37. The van der Waals surface area contributed by atoms with Crippen molar-refractivity contribution < 1.29 is 28.7 Å². The topological polar surface area (TPSA) is 143 Å². The highest BCUT2D eigenvalue weighted by atomic mass is 16.5. The Hall–Kier alpha value is -5.72. The van der Waals surface area contributed by atoms with Crippen molar-refractivity contribution in [3.05, 3.63) is 120 Å². The highest BCUT2D eigenvalue weighted by Crippen LogP contribution is 2.28. The number of carbonyl (C=O) groups excluding carboxylic acids is 4. The minimum Gasteiger partial charge on any atom is -0.371 e. The maximum absolute atomic E-state index is 13.6. The molecule has 304 valence electrons. The van der Waals surface area contributed by atoms with Crippen molar-refractivity contribution in [2.75, 3.05) is 23.7 Å². The molecule has 12 heteroatoms. The number of nitrogens with zero attached hydrogens (tertiary/aromatic N) is 4. The molecule has 2 aliphatic rings. The molecular formula is C46H54N6O6. The van der Waals surface area contributed by atoms with Gasteiger partial charge in [0.2, 0.25) is 23.6 Å². The van der Waals surface area contributed by atoms with Gasteiger partial charge in [-0.2, -0.15) is 0 Å². The Bertz CT molecular complexity index is 1910. The summed E-state index contributed by atoms with van der Waals surface area (Å²) in [7, 11) is 0. The quantitative estimate of drug-likeness (QED) is 0.154. The van der Waals surface area contributed by atoms with Crippen LogP contribution in [-0.4, -0.2) is 92.0 Å². The van der Waals surface area contributed by atoms with E-state index in [1.807, 2.05) is 114 Å². The van der Waals surface area contributed by atoms with Crippen LogP contribution in [0.15, 0.2) is 97.6 Å². The van der Waals surface area contributed by atoms with Gasteiger partial charge in [-0.15, -0.1) is 0 Å². The van der Waals surface area contributed by atoms with Gasteiger partial charge in [-0.05, 0) is 100 Å². The fourth-order valence-electron chi connectivity index (χ4n) is 7.37. The fraction of sp³-hybridized carbons (Fsp3) is 0.391. The number of hydrogen-bond donors (Lipinski definition) is 2. The lowest BCUT2D eigenvalue weighted by molar-refractivity contribution is -0.136. The zero-order chi connectivity index (χ0) is 41.5. The van der Waals surface area contributed by atoms with E-state index in [9.17, 15) is 19.2 Å². The van der Waals surface area contributed by atoms with Crippen molar-refractivity contribution in [2.45, 2.75) is 103 Å². The largest absolute Gasteiger partial charge is 0.371 e. The molecule has 2 N–H and O–H groups in total.